The van der Waals surface area contributed by atoms with E-state index in [0.717, 1.165) is 0 Å². The first-order valence-corrected chi connectivity index (χ1v) is 5.83. The Morgan fingerprint density at radius 1 is 1.53 bits per heavy atom. The molecule has 6 nitrogen and oxygen atoms in total. The lowest BCUT2D eigenvalue weighted by Crippen LogP contribution is -2.19. The summed E-state index contributed by atoms with van der Waals surface area (Å²) in [4.78, 5) is 21.9. The second-order valence-corrected chi connectivity index (χ2v) is 4.62. The molecule has 0 amide bonds. The van der Waals surface area contributed by atoms with Crippen molar-refractivity contribution in [2.45, 2.75) is 30.1 Å². The van der Waals surface area contributed by atoms with Gasteiger partial charge in [0.05, 0.1) is 0 Å². The fraction of sp³-hybridized carbons (Fsp3) is 0.300. The van der Waals surface area contributed by atoms with Crippen molar-refractivity contribution in [2.75, 3.05) is 0 Å². The first-order chi connectivity index (χ1) is 8.11. The Hall–Kier alpha value is -1.76. The maximum Gasteiger partial charge on any atom is 0.344 e. The Bertz CT molecular complexity index is 582. The molecule has 17 heavy (non-hydrogen) atoms. The van der Waals surface area contributed by atoms with Gasteiger partial charge in [-0.05, 0) is 37.7 Å². The van der Waals surface area contributed by atoms with Crippen LogP contribution in [-0.2, 0) is 0 Å². The van der Waals surface area contributed by atoms with Gasteiger partial charge in [0.15, 0.2) is 22.3 Å². The van der Waals surface area contributed by atoms with Crippen LogP contribution in [0.3, 0.4) is 0 Å². The van der Waals surface area contributed by atoms with Gasteiger partial charge in [-0.15, -0.1) is 5.10 Å². The average Bonchev–Trinajstić information content (AvgIpc) is 2.86. The number of nitrogens with zero attached hydrogens (tertiary/aromatic N) is 2. The highest BCUT2D eigenvalue weighted by atomic mass is 32.2. The van der Waals surface area contributed by atoms with Crippen molar-refractivity contribution in [3.63, 3.8) is 0 Å². The fourth-order valence-corrected chi connectivity index (χ4v) is 2.30. The number of aromatic amines is 1. The monoisotopic (exact) mass is 253 g/mol. The molecule has 2 aromatic heterocycles. The van der Waals surface area contributed by atoms with Gasteiger partial charge < -0.3 is 4.42 Å². The highest BCUT2D eigenvalue weighted by Gasteiger charge is 2.14. The van der Waals surface area contributed by atoms with Crippen LogP contribution in [0.4, 0.5) is 0 Å². The zero-order chi connectivity index (χ0) is 12.4. The Labute approximate surface area is 101 Å². The second-order valence-electron chi connectivity index (χ2n) is 3.65. The summed E-state index contributed by atoms with van der Waals surface area (Å²) < 4.78 is 6.73. The van der Waals surface area contributed by atoms with Crippen LogP contribution >= 0.6 is 11.8 Å². The molecule has 0 atom stereocenters. The third kappa shape index (κ3) is 2.33. The molecule has 0 unspecified atom stereocenters. The smallest absolute Gasteiger partial charge is 0.344 e. The number of aldehydes is 1. The number of carbonyl (C=O) groups is 1. The fourth-order valence-electron chi connectivity index (χ4n) is 1.36. The van der Waals surface area contributed by atoms with Crippen LogP contribution in [0.5, 0.6) is 0 Å². The molecule has 0 saturated carbocycles. The summed E-state index contributed by atoms with van der Waals surface area (Å²) in [5, 5.41) is 7.32. The molecule has 0 spiro atoms. The Kier molecular flexibility index (Phi) is 3.19. The number of H-pyrrole nitrogens is 1. The molecule has 2 heterocycles. The molecule has 0 bridgehead atoms. The second kappa shape index (κ2) is 4.62. The summed E-state index contributed by atoms with van der Waals surface area (Å²) in [6.45, 7) is 3.78. The summed E-state index contributed by atoms with van der Waals surface area (Å²) in [5.74, 6) is 0.251. The molecule has 0 aliphatic carbocycles. The van der Waals surface area contributed by atoms with E-state index in [0.29, 0.717) is 16.5 Å². The van der Waals surface area contributed by atoms with E-state index >= 15 is 0 Å². The number of hydrogen-bond donors (Lipinski definition) is 1. The van der Waals surface area contributed by atoms with Crippen molar-refractivity contribution in [3.8, 4) is 0 Å². The molecular weight excluding hydrogens is 242 g/mol. The van der Waals surface area contributed by atoms with Gasteiger partial charge in [-0.1, -0.05) is 0 Å². The van der Waals surface area contributed by atoms with E-state index in [1.165, 1.54) is 16.3 Å². The van der Waals surface area contributed by atoms with Crippen LogP contribution in [-0.4, -0.2) is 21.1 Å². The van der Waals surface area contributed by atoms with Gasteiger partial charge >= 0.3 is 5.69 Å². The minimum Gasteiger partial charge on any atom is -0.447 e. The quantitative estimate of drug-likeness (QED) is 0.839. The largest absolute Gasteiger partial charge is 0.447 e. The predicted octanol–water partition coefficient (Wildman–Crippen LogP) is 1.71. The predicted molar refractivity (Wildman–Crippen MR) is 61.5 cm³/mol. The molecule has 90 valence electrons. The van der Waals surface area contributed by atoms with Crippen LogP contribution in [0.25, 0.3) is 0 Å². The molecule has 1 N–H and O–H groups in total. The van der Waals surface area contributed by atoms with Crippen LogP contribution in [0.15, 0.2) is 31.6 Å². The zero-order valence-corrected chi connectivity index (χ0v) is 10.2. The first kappa shape index (κ1) is 11.7. The molecule has 0 fully saturated rings. The third-order valence-corrected chi connectivity index (χ3v) is 2.99. The van der Waals surface area contributed by atoms with E-state index in [2.05, 4.69) is 10.2 Å². The molecule has 0 aliphatic heterocycles. The van der Waals surface area contributed by atoms with Crippen LogP contribution in [0.2, 0.25) is 0 Å². The number of rotatable bonds is 4. The molecule has 2 rings (SSSR count). The number of hydrogen-bond acceptors (Lipinski definition) is 5. The van der Waals surface area contributed by atoms with Gasteiger partial charge in [0.1, 0.15) is 0 Å². The molecule has 0 saturated heterocycles. The third-order valence-electron chi connectivity index (χ3n) is 2.10. The lowest BCUT2D eigenvalue weighted by Gasteiger charge is -2.06. The standard InChI is InChI=1S/C10H11N3O3S/c1-6(2)13-9(15)11-12-10(13)17-8-4-3-7(5-14)16-8/h3-6H,1-2H3,(H,11,15). The van der Waals surface area contributed by atoms with Crippen LogP contribution in [0, 0.1) is 0 Å². The van der Waals surface area contributed by atoms with E-state index in [9.17, 15) is 9.59 Å². The van der Waals surface area contributed by atoms with Gasteiger partial charge in [0.2, 0.25) is 0 Å². The lowest BCUT2D eigenvalue weighted by atomic mass is 10.4. The molecule has 7 heteroatoms. The summed E-state index contributed by atoms with van der Waals surface area (Å²) in [5.41, 5.74) is -0.260. The highest BCUT2D eigenvalue weighted by Crippen LogP contribution is 2.27. The van der Waals surface area contributed by atoms with E-state index < -0.39 is 0 Å². The van der Waals surface area contributed by atoms with E-state index in [4.69, 9.17) is 4.42 Å². The number of carbonyl (C=O) groups excluding carboxylic acids is 1. The van der Waals surface area contributed by atoms with Crippen molar-refractivity contribution >= 4 is 18.0 Å². The lowest BCUT2D eigenvalue weighted by molar-refractivity contribution is 0.109. The van der Waals surface area contributed by atoms with Crippen LogP contribution < -0.4 is 5.69 Å². The molecule has 0 radical (unpaired) electrons. The van der Waals surface area contributed by atoms with Crippen molar-refractivity contribution < 1.29 is 9.21 Å². The summed E-state index contributed by atoms with van der Waals surface area (Å²) in [6, 6.07) is 3.24. The minimum absolute atomic E-state index is 0.00394. The van der Waals surface area contributed by atoms with Crippen molar-refractivity contribution in [2.24, 2.45) is 0 Å². The topological polar surface area (TPSA) is 80.9 Å². The maximum absolute atomic E-state index is 11.5. The summed E-state index contributed by atoms with van der Waals surface area (Å²) in [7, 11) is 0. The first-order valence-electron chi connectivity index (χ1n) is 5.01. The van der Waals surface area contributed by atoms with Crippen molar-refractivity contribution in [1.82, 2.24) is 14.8 Å². The van der Waals surface area contributed by atoms with Gasteiger partial charge in [0, 0.05) is 6.04 Å². The van der Waals surface area contributed by atoms with E-state index in [-0.39, 0.29) is 17.5 Å². The maximum atomic E-state index is 11.5. The van der Waals surface area contributed by atoms with Gasteiger partial charge in [-0.3, -0.25) is 9.36 Å². The normalized spacial score (nSPS) is 11.0. The van der Waals surface area contributed by atoms with Crippen molar-refractivity contribution in [1.29, 1.82) is 0 Å². The average molecular weight is 253 g/mol. The number of nitrogens with one attached hydrogen (secondary N) is 1. The summed E-state index contributed by atoms with van der Waals surface area (Å²) in [6.07, 6.45) is 0.629. The van der Waals surface area contributed by atoms with E-state index in [1.54, 1.807) is 12.1 Å². The zero-order valence-electron chi connectivity index (χ0n) is 9.34. The Morgan fingerprint density at radius 3 is 2.88 bits per heavy atom. The summed E-state index contributed by atoms with van der Waals surface area (Å²) >= 11 is 1.19. The number of aromatic nitrogens is 3. The van der Waals surface area contributed by atoms with Crippen molar-refractivity contribution in [3.05, 3.63) is 28.4 Å². The van der Waals surface area contributed by atoms with Gasteiger partial charge in [0.25, 0.3) is 0 Å². The molecular formula is C10H11N3O3S. The Morgan fingerprint density at radius 2 is 2.29 bits per heavy atom. The number of furan rings is 1. The SMILES string of the molecule is CC(C)n1c(Sc2ccc(C=O)o2)n[nH]c1=O. The molecule has 0 aliphatic rings. The molecule has 0 aromatic carbocycles. The molecule has 2 aromatic rings. The Balaban J connectivity index is 2.30. The highest BCUT2D eigenvalue weighted by molar-refractivity contribution is 7.99. The van der Waals surface area contributed by atoms with Crippen LogP contribution in [0.1, 0.15) is 30.4 Å². The van der Waals surface area contributed by atoms with E-state index in [1.807, 2.05) is 13.8 Å². The van der Waals surface area contributed by atoms with Gasteiger partial charge in [-0.25, -0.2) is 9.89 Å². The van der Waals surface area contributed by atoms with Gasteiger partial charge in [-0.2, -0.15) is 0 Å². The minimum atomic E-state index is -0.260.